The van der Waals surface area contributed by atoms with Gasteiger partial charge in [-0.05, 0) is 60.7 Å². The maximum absolute atomic E-state index is 13.3. The van der Waals surface area contributed by atoms with E-state index in [1.54, 1.807) is 12.1 Å². The van der Waals surface area contributed by atoms with Crippen LogP contribution in [-0.4, -0.2) is 0 Å². The summed E-state index contributed by atoms with van der Waals surface area (Å²) in [6.07, 6.45) is 0.644. The van der Waals surface area contributed by atoms with Gasteiger partial charge >= 0.3 is 0 Å². The number of halogens is 2. The van der Waals surface area contributed by atoms with E-state index in [9.17, 15) is 4.39 Å². The highest BCUT2D eigenvalue weighted by atomic mass is 79.9. The van der Waals surface area contributed by atoms with Crippen LogP contribution in [-0.2, 0) is 6.42 Å². The summed E-state index contributed by atoms with van der Waals surface area (Å²) < 4.78 is 14.3. The minimum atomic E-state index is -0.209. The van der Waals surface area contributed by atoms with Crippen LogP contribution in [0.25, 0.3) is 0 Å². The Morgan fingerprint density at radius 2 is 1.84 bits per heavy atom. The Bertz CT molecular complexity index is 595. The van der Waals surface area contributed by atoms with Crippen LogP contribution in [0, 0.1) is 19.7 Å². The fourth-order valence-corrected chi connectivity index (χ4v) is 2.36. The summed E-state index contributed by atoms with van der Waals surface area (Å²) in [4.78, 5) is 0. The smallest absolute Gasteiger partial charge is 0.123 e. The van der Waals surface area contributed by atoms with Gasteiger partial charge in [-0.1, -0.05) is 34.1 Å². The number of hydrogen-bond acceptors (Lipinski definition) is 1. The van der Waals surface area contributed by atoms with E-state index in [0.717, 1.165) is 26.7 Å². The van der Waals surface area contributed by atoms with Gasteiger partial charge in [0.05, 0.1) is 0 Å². The molecule has 0 aliphatic rings. The Labute approximate surface area is 121 Å². The number of benzene rings is 2. The molecule has 3 heteroatoms. The highest BCUT2D eigenvalue weighted by Gasteiger charge is 2.10. The van der Waals surface area contributed by atoms with Gasteiger partial charge in [-0.3, -0.25) is 0 Å². The second kappa shape index (κ2) is 5.85. The zero-order valence-corrected chi connectivity index (χ0v) is 12.7. The lowest BCUT2D eigenvalue weighted by Crippen LogP contribution is -2.14. The average molecular weight is 322 g/mol. The molecule has 2 N–H and O–H groups in total. The van der Waals surface area contributed by atoms with Crippen molar-refractivity contribution in [1.29, 1.82) is 0 Å². The maximum atomic E-state index is 13.3. The molecule has 0 aromatic heterocycles. The van der Waals surface area contributed by atoms with Crippen molar-refractivity contribution in [2.45, 2.75) is 26.3 Å². The average Bonchev–Trinajstić information content (AvgIpc) is 2.37. The molecule has 1 nitrogen and oxygen atoms in total. The van der Waals surface area contributed by atoms with Gasteiger partial charge in [0, 0.05) is 10.5 Å². The SMILES string of the molecule is Cc1cc(C(N)Cc2cc(F)ccc2C)ccc1Br. The van der Waals surface area contributed by atoms with E-state index < -0.39 is 0 Å². The fourth-order valence-electron chi connectivity index (χ4n) is 2.11. The summed E-state index contributed by atoms with van der Waals surface area (Å²) in [7, 11) is 0. The molecule has 1 unspecified atom stereocenters. The summed E-state index contributed by atoms with van der Waals surface area (Å²) in [6, 6.07) is 10.8. The van der Waals surface area contributed by atoms with Crippen molar-refractivity contribution in [3.05, 3.63) is 68.9 Å². The summed E-state index contributed by atoms with van der Waals surface area (Å²) in [5.74, 6) is -0.209. The summed E-state index contributed by atoms with van der Waals surface area (Å²) in [5, 5.41) is 0. The molecular formula is C16H17BrFN. The van der Waals surface area contributed by atoms with E-state index in [-0.39, 0.29) is 11.9 Å². The maximum Gasteiger partial charge on any atom is 0.123 e. The largest absolute Gasteiger partial charge is 0.324 e. The highest BCUT2D eigenvalue weighted by Crippen LogP contribution is 2.23. The van der Waals surface area contributed by atoms with Crippen molar-refractivity contribution < 1.29 is 4.39 Å². The standard InChI is InChI=1S/C16H17BrFN/c1-10-3-5-14(18)8-13(10)9-16(19)12-4-6-15(17)11(2)7-12/h3-8,16H,9,19H2,1-2H3. The molecule has 0 saturated carbocycles. The van der Waals surface area contributed by atoms with Crippen molar-refractivity contribution in [1.82, 2.24) is 0 Å². The van der Waals surface area contributed by atoms with Crippen LogP contribution in [0.5, 0.6) is 0 Å². The van der Waals surface area contributed by atoms with Crippen molar-refractivity contribution in [2.24, 2.45) is 5.73 Å². The fraction of sp³-hybridized carbons (Fsp3) is 0.250. The molecule has 0 aliphatic heterocycles. The monoisotopic (exact) mass is 321 g/mol. The van der Waals surface area contributed by atoms with Crippen LogP contribution >= 0.6 is 15.9 Å². The molecule has 2 aromatic rings. The highest BCUT2D eigenvalue weighted by molar-refractivity contribution is 9.10. The number of rotatable bonds is 3. The normalized spacial score (nSPS) is 12.5. The van der Waals surface area contributed by atoms with Gasteiger partial charge in [-0.15, -0.1) is 0 Å². The minimum Gasteiger partial charge on any atom is -0.324 e. The molecule has 0 spiro atoms. The van der Waals surface area contributed by atoms with Crippen molar-refractivity contribution in [3.8, 4) is 0 Å². The molecule has 0 heterocycles. The van der Waals surface area contributed by atoms with Gasteiger partial charge in [0.25, 0.3) is 0 Å². The van der Waals surface area contributed by atoms with E-state index in [1.165, 1.54) is 6.07 Å². The molecule has 2 aromatic carbocycles. The van der Waals surface area contributed by atoms with E-state index in [4.69, 9.17) is 5.73 Å². The molecular weight excluding hydrogens is 305 g/mol. The van der Waals surface area contributed by atoms with E-state index in [2.05, 4.69) is 22.0 Å². The van der Waals surface area contributed by atoms with Crippen LogP contribution in [0.3, 0.4) is 0 Å². The van der Waals surface area contributed by atoms with Crippen molar-refractivity contribution in [2.75, 3.05) is 0 Å². The van der Waals surface area contributed by atoms with Gasteiger partial charge in [-0.25, -0.2) is 4.39 Å². The molecule has 0 aliphatic carbocycles. The molecule has 0 bridgehead atoms. The second-order valence-corrected chi connectivity index (χ2v) is 5.74. The van der Waals surface area contributed by atoms with E-state index >= 15 is 0 Å². The van der Waals surface area contributed by atoms with E-state index in [0.29, 0.717) is 6.42 Å². The minimum absolute atomic E-state index is 0.118. The van der Waals surface area contributed by atoms with Gasteiger partial charge in [0.2, 0.25) is 0 Å². The Balaban J connectivity index is 2.22. The second-order valence-electron chi connectivity index (χ2n) is 4.89. The molecule has 2 rings (SSSR count). The molecule has 19 heavy (non-hydrogen) atoms. The number of hydrogen-bond donors (Lipinski definition) is 1. The van der Waals surface area contributed by atoms with Crippen LogP contribution in [0.15, 0.2) is 40.9 Å². The molecule has 0 radical (unpaired) electrons. The molecule has 0 amide bonds. The lowest BCUT2D eigenvalue weighted by molar-refractivity contribution is 0.621. The third-order valence-electron chi connectivity index (χ3n) is 3.36. The van der Waals surface area contributed by atoms with Crippen molar-refractivity contribution >= 4 is 15.9 Å². The first-order chi connectivity index (χ1) is 8.97. The topological polar surface area (TPSA) is 26.0 Å². The first kappa shape index (κ1) is 14.2. The number of nitrogens with two attached hydrogens (primary N) is 1. The lowest BCUT2D eigenvalue weighted by atomic mass is 9.96. The Kier molecular flexibility index (Phi) is 4.38. The van der Waals surface area contributed by atoms with Gasteiger partial charge in [0.1, 0.15) is 5.82 Å². The van der Waals surface area contributed by atoms with Crippen LogP contribution in [0.2, 0.25) is 0 Å². The van der Waals surface area contributed by atoms with Crippen LogP contribution in [0.4, 0.5) is 4.39 Å². The molecule has 100 valence electrons. The predicted octanol–water partition coefficient (Wildman–Crippen LogP) is 4.45. The molecule has 0 fully saturated rings. The van der Waals surface area contributed by atoms with Crippen LogP contribution in [0.1, 0.15) is 28.3 Å². The Hall–Kier alpha value is -1.19. The van der Waals surface area contributed by atoms with Gasteiger partial charge < -0.3 is 5.73 Å². The first-order valence-corrected chi connectivity index (χ1v) is 7.03. The summed E-state index contributed by atoms with van der Waals surface area (Å²) in [6.45, 7) is 4.02. The summed E-state index contributed by atoms with van der Waals surface area (Å²) >= 11 is 3.48. The summed E-state index contributed by atoms with van der Waals surface area (Å²) in [5.41, 5.74) is 10.5. The molecule has 0 saturated heterocycles. The third-order valence-corrected chi connectivity index (χ3v) is 4.25. The van der Waals surface area contributed by atoms with Crippen LogP contribution < -0.4 is 5.73 Å². The van der Waals surface area contributed by atoms with Crippen molar-refractivity contribution in [3.63, 3.8) is 0 Å². The first-order valence-electron chi connectivity index (χ1n) is 6.24. The lowest BCUT2D eigenvalue weighted by Gasteiger charge is -2.15. The van der Waals surface area contributed by atoms with E-state index in [1.807, 2.05) is 26.0 Å². The van der Waals surface area contributed by atoms with Gasteiger partial charge in [-0.2, -0.15) is 0 Å². The zero-order chi connectivity index (χ0) is 14.0. The zero-order valence-electron chi connectivity index (χ0n) is 11.1. The number of aryl methyl sites for hydroxylation is 2. The van der Waals surface area contributed by atoms with Gasteiger partial charge in [0.15, 0.2) is 0 Å². The predicted molar refractivity (Wildman–Crippen MR) is 80.6 cm³/mol. The third kappa shape index (κ3) is 3.43. The Morgan fingerprint density at radius 3 is 2.53 bits per heavy atom. The quantitative estimate of drug-likeness (QED) is 0.888. The molecule has 1 atom stereocenters. The Morgan fingerprint density at radius 1 is 1.11 bits per heavy atom.